The molecule has 0 radical (unpaired) electrons. The number of aliphatic hydroxyl groups is 1. The van der Waals surface area contributed by atoms with Crippen LogP contribution in [0, 0.1) is 11.3 Å². The number of carbonyl (C=O) groups excluding carboxylic acids is 3. The van der Waals surface area contributed by atoms with E-state index in [9.17, 15) is 14.7 Å². The number of anilines is 1. The minimum absolute atomic E-state index is 0.0284. The van der Waals surface area contributed by atoms with Gasteiger partial charge < -0.3 is 33.9 Å². The normalized spacial score (nSPS) is 34.9. The molecule has 5 aliphatic heterocycles. The molecular weight excluding hydrogens is 725 g/mol. The van der Waals surface area contributed by atoms with Gasteiger partial charge in [0, 0.05) is 90.9 Å². The van der Waals surface area contributed by atoms with E-state index in [0.717, 1.165) is 52.9 Å². The fourth-order valence-corrected chi connectivity index (χ4v) is 12.8. The van der Waals surface area contributed by atoms with E-state index in [4.69, 9.17) is 18.9 Å². The molecule has 9 rings (SSSR count). The van der Waals surface area contributed by atoms with Crippen molar-refractivity contribution in [3.8, 4) is 5.75 Å². The largest absolute Gasteiger partial charge is 0.496 e. The monoisotopic (exact) mass is 778 g/mol. The number of aromatic amines is 1. The maximum atomic E-state index is 15.2. The summed E-state index contributed by atoms with van der Waals surface area (Å²) in [5.74, 6) is -1.31. The lowest BCUT2D eigenvalue weighted by molar-refractivity contribution is -0.228. The molecule has 1 saturated heterocycles. The molecule has 1 spiro atoms. The number of nitrogens with one attached hydrogen (secondary N) is 1. The summed E-state index contributed by atoms with van der Waals surface area (Å²) in [5, 5.41) is 14.4. The summed E-state index contributed by atoms with van der Waals surface area (Å²) >= 11 is 0. The first-order chi connectivity index (χ1) is 27.4. The molecule has 1 aromatic heterocycles. The number of benzene rings is 2. The van der Waals surface area contributed by atoms with Gasteiger partial charge in [0.25, 0.3) is 0 Å². The molecule has 4 unspecified atom stereocenters. The second-order valence-electron chi connectivity index (χ2n) is 17.2. The SMILES string of the molecule is CCC1=CC2CN(C1)Cc1c([nH]c3ccccc13)[C@@](C(=O)OC)(c1cc3c(cc1OC)N(C)[C@H]1[C@@](O)(C(=O)OC)[C@H](OC(C)=O)C4(CC)C=CCN5CC[C@]31C54)C2. The van der Waals surface area contributed by atoms with Crippen molar-refractivity contribution in [3.05, 3.63) is 82.6 Å². The van der Waals surface area contributed by atoms with Crippen molar-refractivity contribution in [2.24, 2.45) is 11.3 Å². The van der Waals surface area contributed by atoms with E-state index in [1.807, 2.05) is 37.1 Å². The van der Waals surface area contributed by atoms with Crippen LogP contribution < -0.4 is 9.64 Å². The molecule has 0 amide bonds. The Morgan fingerprint density at radius 1 is 1.00 bits per heavy atom. The Morgan fingerprint density at radius 2 is 1.77 bits per heavy atom. The van der Waals surface area contributed by atoms with Crippen LogP contribution in [0.4, 0.5) is 5.69 Å². The number of H-pyrrole nitrogens is 1. The lowest BCUT2D eigenvalue weighted by atomic mass is 9.47. The Morgan fingerprint density at radius 3 is 2.47 bits per heavy atom. The van der Waals surface area contributed by atoms with E-state index >= 15 is 4.79 Å². The van der Waals surface area contributed by atoms with E-state index in [-0.39, 0.29) is 17.9 Å². The second kappa shape index (κ2) is 13.2. The minimum atomic E-state index is -2.27. The smallest absolute Gasteiger partial charge is 0.344 e. The molecule has 57 heavy (non-hydrogen) atoms. The van der Waals surface area contributed by atoms with Gasteiger partial charge in [0.15, 0.2) is 6.10 Å². The number of ether oxygens (including phenoxy) is 4. The molecular formula is C45H54N4O8. The highest BCUT2D eigenvalue weighted by molar-refractivity contribution is 5.95. The third-order valence-electron chi connectivity index (χ3n) is 14.8. The zero-order chi connectivity index (χ0) is 40.2. The first kappa shape index (κ1) is 37.9. The van der Waals surface area contributed by atoms with Gasteiger partial charge in [0.1, 0.15) is 11.2 Å². The lowest BCUT2D eigenvalue weighted by Gasteiger charge is -2.63. The van der Waals surface area contributed by atoms with Crippen LogP contribution in [0.15, 0.2) is 60.2 Å². The number of rotatable bonds is 7. The van der Waals surface area contributed by atoms with Crippen molar-refractivity contribution in [1.82, 2.24) is 14.8 Å². The van der Waals surface area contributed by atoms with Crippen molar-refractivity contribution in [2.45, 2.75) is 87.6 Å². The van der Waals surface area contributed by atoms with Gasteiger partial charge in [0.05, 0.1) is 27.4 Å². The fourth-order valence-electron chi connectivity index (χ4n) is 12.8. The number of aromatic nitrogens is 1. The maximum Gasteiger partial charge on any atom is 0.344 e. The van der Waals surface area contributed by atoms with Crippen molar-refractivity contribution >= 4 is 34.5 Å². The summed E-state index contributed by atoms with van der Waals surface area (Å²) in [6, 6.07) is 11.2. The molecule has 12 nitrogen and oxygen atoms in total. The minimum Gasteiger partial charge on any atom is -0.496 e. The molecule has 1 aliphatic carbocycles. The van der Waals surface area contributed by atoms with Crippen LogP contribution >= 0.6 is 0 Å². The number of hydrogen-bond acceptors (Lipinski definition) is 11. The van der Waals surface area contributed by atoms with Gasteiger partial charge in [-0.05, 0) is 61.4 Å². The number of esters is 3. The van der Waals surface area contributed by atoms with Gasteiger partial charge in [-0.3, -0.25) is 19.4 Å². The molecule has 1 saturated carbocycles. The predicted molar refractivity (Wildman–Crippen MR) is 214 cm³/mol. The average molecular weight is 779 g/mol. The predicted octanol–water partition coefficient (Wildman–Crippen LogP) is 4.75. The highest BCUT2D eigenvalue weighted by Crippen LogP contribution is 2.68. The lowest BCUT2D eigenvalue weighted by Crippen LogP contribution is -2.81. The Hall–Kier alpha value is -4.65. The average Bonchev–Trinajstić information content (AvgIpc) is 3.87. The summed E-state index contributed by atoms with van der Waals surface area (Å²) in [6.45, 7) is 9.19. The van der Waals surface area contributed by atoms with Crippen molar-refractivity contribution in [2.75, 3.05) is 59.5 Å². The highest BCUT2D eigenvalue weighted by Gasteiger charge is 2.80. The quantitative estimate of drug-likeness (QED) is 0.196. The number of nitrogens with zero attached hydrogens (tertiary/aromatic N) is 3. The zero-order valence-corrected chi connectivity index (χ0v) is 34.0. The van der Waals surface area contributed by atoms with Crippen molar-refractivity contribution in [3.63, 3.8) is 0 Å². The first-order valence-corrected chi connectivity index (χ1v) is 20.3. The van der Waals surface area contributed by atoms with E-state index in [2.05, 4.69) is 58.1 Å². The summed E-state index contributed by atoms with van der Waals surface area (Å²) < 4.78 is 23.9. The molecule has 6 heterocycles. The van der Waals surface area contributed by atoms with Crippen LogP contribution in [0.1, 0.15) is 68.8 Å². The van der Waals surface area contributed by atoms with E-state index < -0.39 is 45.9 Å². The summed E-state index contributed by atoms with van der Waals surface area (Å²) in [5.41, 5.74) is 1.05. The second-order valence-corrected chi connectivity index (χ2v) is 17.2. The fraction of sp³-hybridized carbons (Fsp3) is 0.533. The van der Waals surface area contributed by atoms with Crippen molar-refractivity contribution < 1.29 is 38.4 Å². The van der Waals surface area contributed by atoms with Crippen LogP contribution in [0.25, 0.3) is 10.9 Å². The third kappa shape index (κ3) is 4.80. The third-order valence-corrected chi connectivity index (χ3v) is 14.8. The number of carbonyl (C=O) groups is 3. The van der Waals surface area contributed by atoms with E-state index in [1.54, 1.807) is 7.11 Å². The molecule has 302 valence electrons. The summed E-state index contributed by atoms with van der Waals surface area (Å²) in [7, 11) is 6.22. The zero-order valence-electron chi connectivity index (χ0n) is 34.0. The van der Waals surface area contributed by atoms with Gasteiger partial charge in [0.2, 0.25) is 5.60 Å². The molecule has 2 aromatic carbocycles. The highest BCUT2D eigenvalue weighted by atomic mass is 16.6. The standard InChI is InChI=1S/C45H54N4O8/c1-8-27-19-28-22-44(40(51)55-6,36-30(25-48(23-27)24-28)29-13-10-11-14-33(29)46-36)32-20-31-34(21-35(32)54-5)47(4)38-43(31)16-18-49-17-12-15-42(9-2,37(43)49)39(57-26(3)50)45(38,53)41(52)56-7/h10-15,19-21,28,37-39,46,53H,8-9,16-18,22-25H2,1-7H3/t28?,37?,38-,39-,42?,43-,44+,45+/m1/s1. The van der Waals surface area contributed by atoms with Crippen LogP contribution in [0.5, 0.6) is 5.75 Å². The Kier molecular flexibility index (Phi) is 8.77. The molecule has 6 aliphatic rings. The van der Waals surface area contributed by atoms with Gasteiger partial charge in [-0.2, -0.15) is 0 Å². The Labute approximate surface area is 333 Å². The first-order valence-electron chi connectivity index (χ1n) is 20.3. The molecule has 2 bridgehead atoms. The molecule has 12 heteroatoms. The molecule has 2 fully saturated rings. The maximum absolute atomic E-state index is 15.2. The summed E-state index contributed by atoms with van der Waals surface area (Å²) in [4.78, 5) is 53.1. The van der Waals surface area contributed by atoms with Gasteiger partial charge >= 0.3 is 17.9 Å². The number of para-hydroxylation sites is 1. The Bertz CT molecular complexity index is 2250. The number of likely N-dealkylation sites (N-methyl/N-ethyl adjacent to an activating group) is 1. The van der Waals surface area contributed by atoms with Crippen molar-refractivity contribution in [1.29, 1.82) is 0 Å². The van der Waals surface area contributed by atoms with Gasteiger partial charge in [-0.25, -0.2) is 4.79 Å². The Balaban J connectivity index is 1.37. The van der Waals surface area contributed by atoms with Gasteiger partial charge in [-0.15, -0.1) is 0 Å². The topological polar surface area (TPSA) is 134 Å². The summed E-state index contributed by atoms with van der Waals surface area (Å²) in [6.07, 6.45) is 7.67. The number of hydrogen-bond donors (Lipinski definition) is 2. The van der Waals surface area contributed by atoms with Crippen LogP contribution in [-0.2, 0) is 46.0 Å². The number of fused-ring (bicyclic) bond motifs is 6. The molecule has 9 atom stereocenters. The van der Waals surface area contributed by atoms with Crippen LogP contribution in [-0.4, -0.2) is 116 Å². The van der Waals surface area contributed by atoms with Crippen LogP contribution in [0.3, 0.4) is 0 Å². The van der Waals surface area contributed by atoms with Gasteiger partial charge in [-0.1, -0.05) is 55.8 Å². The van der Waals surface area contributed by atoms with Crippen LogP contribution in [0.2, 0.25) is 0 Å². The number of methoxy groups -OCH3 is 3. The molecule has 2 N–H and O–H groups in total. The molecule has 3 aromatic rings. The van der Waals surface area contributed by atoms with E-state index in [1.165, 1.54) is 26.7 Å². The van der Waals surface area contributed by atoms with E-state index in [0.29, 0.717) is 50.2 Å².